The number of nitrogens with zero attached hydrogens (tertiary/aromatic N) is 2. The molecule has 1 N–H and O–H groups in total. The molecule has 1 heterocycles. The van der Waals surface area contributed by atoms with E-state index in [0.717, 1.165) is 23.5 Å². The van der Waals surface area contributed by atoms with E-state index in [4.69, 9.17) is 0 Å². The highest BCUT2D eigenvalue weighted by Gasteiger charge is 2.16. The number of rotatable bonds is 6. The van der Waals surface area contributed by atoms with E-state index < -0.39 is 0 Å². The van der Waals surface area contributed by atoms with Crippen LogP contribution in [0.5, 0.6) is 0 Å². The molecule has 0 bridgehead atoms. The van der Waals surface area contributed by atoms with E-state index in [1.54, 1.807) is 0 Å². The van der Waals surface area contributed by atoms with Crippen molar-refractivity contribution in [2.24, 2.45) is 5.92 Å². The Labute approximate surface area is 131 Å². The molecule has 3 nitrogen and oxygen atoms in total. The summed E-state index contributed by atoms with van der Waals surface area (Å²) in [7, 11) is 0. The van der Waals surface area contributed by atoms with Crippen LogP contribution in [0.3, 0.4) is 0 Å². The molecule has 0 atom stereocenters. The van der Waals surface area contributed by atoms with Gasteiger partial charge in [-0.05, 0) is 30.2 Å². The third-order valence-electron chi connectivity index (χ3n) is 3.69. The zero-order chi connectivity index (χ0) is 14.4. The van der Waals surface area contributed by atoms with E-state index in [0.29, 0.717) is 0 Å². The molecule has 1 aromatic carbocycles. The van der Waals surface area contributed by atoms with Gasteiger partial charge in [0, 0.05) is 56.0 Å². The quantitative estimate of drug-likeness (QED) is 0.858. The Bertz CT molecular complexity index is 383. The minimum atomic E-state index is 0.778. The van der Waals surface area contributed by atoms with Crippen LogP contribution in [0.4, 0.5) is 5.69 Å². The summed E-state index contributed by atoms with van der Waals surface area (Å²) in [6.07, 6.45) is 0. The molecule has 20 heavy (non-hydrogen) atoms. The van der Waals surface area contributed by atoms with Crippen molar-refractivity contribution < 1.29 is 0 Å². The van der Waals surface area contributed by atoms with E-state index in [9.17, 15) is 0 Å². The SMILES string of the molecule is CC(C)CN1CCN(CCNc2ccc(Br)cc2)CC1. The first-order chi connectivity index (χ1) is 9.63. The summed E-state index contributed by atoms with van der Waals surface area (Å²) < 4.78 is 1.13. The largest absolute Gasteiger partial charge is 0.384 e. The molecular weight excluding hydrogens is 314 g/mol. The molecule has 0 spiro atoms. The number of piperazine rings is 1. The van der Waals surface area contributed by atoms with Crippen molar-refractivity contribution in [3.05, 3.63) is 28.7 Å². The highest BCUT2D eigenvalue weighted by atomic mass is 79.9. The van der Waals surface area contributed by atoms with Gasteiger partial charge in [0.25, 0.3) is 0 Å². The van der Waals surface area contributed by atoms with Crippen LogP contribution in [0.25, 0.3) is 0 Å². The van der Waals surface area contributed by atoms with Crippen molar-refractivity contribution in [3.8, 4) is 0 Å². The fourth-order valence-corrected chi connectivity index (χ4v) is 2.90. The highest BCUT2D eigenvalue weighted by molar-refractivity contribution is 9.10. The molecule has 2 rings (SSSR count). The molecule has 1 aliphatic heterocycles. The number of benzene rings is 1. The standard InChI is InChI=1S/C16H26BrN3/c1-14(2)13-20-11-9-19(10-12-20)8-7-18-16-5-3-15(17)4-6-16/h3-6,14,18H,7-13H2,1-2H3. The van der Waals surface area contributed by atoms with Crippen molar-refractivity contribution in [2.45, 2.75) is 13.8 Å². The van der Waals surface area contributed by atoms with Gasteiger partial charge in [0.1, 0.15) is 0 Å². The average Bonchev–Trinajstić information content (AvgIpc) is 2.42. The van der Waals surface area contributed by atoms with Crippen LogP contribution in [-0.4, -0.2) is 55.6 Å². The lowest BCUT2D eigenvalue weighted by Crippen LogP contribution is -2.48. The maximum absolute atomic E-state index is 3.49. The van der Waals surface area contributed by atoms with Crippen LogP contribution in [0.15, 0.2) is 28.7 Å². The molecule has 0 unspecified atom stereocenters. The summed E-state index contributed by atoms with van der Waals surface area (Å²) in [4.78, 5) is 5.14. The van der Waals surface area contributed by atoms with Gasteiger partial charge < -0.3 is 10.2 Å². The second-order valence-corrected chi connectivity index (χ2v) is 6.89. The van der Waals surface area contributed by atoms with Gasteiger partial charge in [-0.1, -0.05) is 29.8 Å². The maximum atomic E-state index is 3.49. The third kappa shape index (κ3) is 5.43. The van der Waals surface area contributed by atoms with E-state index in [1.165, 1.54) is 38.4 Å². The number of nitrogens with one attached hydrogen (secondary N) is 1. The van der Waals surface area contributed by atoms with Gasteiger partial charge in [-0.15, -0.1) is 0 Å². The Morgan fingerprint density at radius 3 is 2.25 bits per heavy atom. The lowest BCUT2D eigenvalue weighted by atomic mass is 10.2. The summed E-state index contributed by atoms with van der Waals surface area (Å²) in [5.74, 6) is 0.778. The Balaban J connectivity index is 1.62. The molecule has 0 aromatic heterocycles. The van der Waals surface area contributed by atoms with Gasteiger partial charge in [-0.3, -0.25) is 4.90 Å². The van der Waals surface area contributed by atoms with E-state index in [-0.39, 0.29) is 0 Å². The van der Waals surface area contributed by atoms with Gasteiger partial charge in [-0.2, -0.15) is 0 Å². The lowest BCUT2D eigenvalue weighted by molar-refractivity contribution is 0.125. The first-order valence-corrected chi connectivity index (χ1v) is 8.37. The van der Waals surface area contributed by atoms with Gasteiger partial charge in [-0.25, -0.2) is 0 Å². The molecule has 112 valence electrons. The van der Waals surface area contributed by atoms with Crippen LogP contribution < -0.4 is 5.32 Å². The van der Waals surface area contributed by atoms with E-state index >= 15 is 0 Å². The number of halogens is 1. The van der Waals surface area contributed by atoms with Crippen molar-refractivity contribution in [1.82, 2.24) is 9.80 Å². The summed E-state index contributed by atoms with van der Waals surface area (Å²) in [5, 5.41) is 3.49. The van der Waals surface area contributed by atoms with Gasteiger partial charge >= 0.3 is 0 Å². The van der Waals surface area contributed by atoms with Crippen molar-refractivity contribution in [2.75, 3.05) is 51.1 Å². The molecule has 1 saturated heterocycles. The van der Waals surface area contributed by atoms with Crippen LogP contribution >= 0.6 is 15.9 Å². The first kappa shape index (κ1) is 15.8. The van der Waals surface area contributed by atoms with Crippen molar-refractivity contribution >= 4 is 21.6 Å². The summed E-state index contributed by atoms with van der Waals surface area (Å²) >= 11 is 3.46. The van der Waals surface area contributed by atoms with Crippen LogP contribution in [0.1, 0.15) is 13.8 Å². The monoisotopic (exact) mass is 339 g/mol. The smallest absolute Gasteiger partial charge is 0.0341 e. The van der Waals surface area contributed by atoms with Crippen molar-refractivity contribution in [3.63, 3.8) is 0 Å². The Hall–Kier alpha value is -0.580. The minimum Gasteiger partial charge on any atom is -0.384 e. The molecule has 0 amide bonds. The van der Waals surface area contributed by atoms with Crippen LogP contribution in [0.2, 0.25) is 0 Å². The summed E-state index contributed by atoms with van der Waals surface area (Å²) in [6, 6.07) is 8.38. The number of hydrogen-bond acceptors (Lipinski definition) is 3. The molecule has 4 heteroatoms. The van der Waals surface area contributed by atoms with Crippen LogP contribution in [-0.2, 0) is 0 Å². The second-order valence-electron chi connectivity index (χ2n) is 5.97. The zero-order valence-corrected chi connectivity index (χ0v) is 14.2. The normalized spacial score (nSPS) is 17.6. The average molecular weight is 340 g/mol. The highest BCUT2D eigenvalue weighted by Crippen LogP contribution is 2.13. The molecule has 1 fully saturated rings. The first-order valence-electron chi connectivity index (χ1n) is 7.57. The second kappa shape index (κ2) is 8.01. The van der Waals surface area contributed by atoms with E-state index in [2.05, 4.69) is 69.2 Å². The van der Waals surface area contributed by atoms with E-state index in [1.807, 2.05) is 0 Å². The molecule has 1 aromatic rings. The zero-order valence-electron chi connectivity index (χ0n) is 12.6. The molecular formula is C16H26BrN3. The third-order valence-corrected chi connectivity index (χ3v) is 4.22. The Kier molecular flexibility index (Phi) is 6.33. The van der Waals surface area contributed by atoms with Gasteiger partial charge in [0.15, 0.2) is 0 Å². The summed E-state index contributed by atoms with van der Waals surface area (Å²) in [5.41, 5.74) is 1.20. The maximum Gasteiger partial charge on any atom is 0.0341 e. The van der Waals surface area contributed by atoms with Crippen LogP contribution in [0, 0.1) is 5.92 Å². The van der Waals surface area contributed by atoms with Gasteiger partial charge in [0.2, 0.25) is 0 Å². The Morgan fingerprint density at radius 2 is 1.65 bits per heavy atom. The Morgan fingerprint density at radius 1 is 1.05 bits per heavy atom. The summed E-state index contributed by atoms with van der Waals surface area (Å²) in [6.45, 7) is 12.8. The number of anilines is 1. The number of hydrogen-bond donors (Lipinski definition) is 1. The minimum absolute atomic E-state index is 0.778. The molecule has 0 radical (unpaired) electrons. The lowest BCUT2D eigenvalue weighted by Gasteiger charge is -2.35. The van der Waals surface area contributed by atoms with Gasteiger partial charge in [0.05, 0.1) is 0 Å². The predicted octanol–water partition coefficient (Wildman–Crippen LogP) is 3.13. The fourth-order valence-electron chi connectivity index (χ4n) is 2.64. The molecule has 0 saturated carbocycles. The van der Waals surface area contributed by atoms with Crippen molar-refractivity contribution in [1.29, 1.82) is 0 Å². The fraction of sp³-hybridized carbons (Fsp3) is 0.625. The predicted molar refractivity (Wildman–Crippen MR) is 90.3 cm³/mol. The molecule has 0 aliphatic carbocycles. The topological polar surface area (TPSA) is 18.5 Å². The molecule has 1 aliphatic rings.